The van der Waals surface area contributed by atoms with Crippen LogP contribution in [0.25, 0.3) is 27.8 Å². The summed E-state index contributed by atoms with van der Waals surface area (Å²) in [6.07, 6.45) is -2.94. The molecule has 0 spiro atoms. The number of aromatic nitrogens is 3. The van der Waals surface area contributed by atoms with Gasteiger partial charge in [0.1, 0.15) is 0 Å². The van der Waals surface area contributed by atoms with Gasteiger partial charge in [-0.15, -0.1) is 0 Å². The maximum atomic E-state index is 13.3. The summed E-state index contributed by atoms with van der Waals surface area (Å²) in [6, 6.07) is 14.2. The summed E-state index contributed by atoms with van der Waals surface area (Å²) in [4.78, 5) is 14.3. The molecule has 2 heterocycles. The van der Waals surface area contributed by atoms with Crippen molar-refractivity contribution in [3.8, 4) is 16.9 Å². The van der Waals surface area contributed by atoms with Crippen LogP contribution in [0.5, 0.6) is 0 Å². The third-order valence-electron chi connectivity index (χ3n) is 4.26. The van der Waals surface area contributed by atoms with Gasteiger partial charge in [0, 0.05) is 28.2 Å². The maximum Gasteiger partial charge on any atom is 0.435 e. The van der Waals surface area contributed by atoms with Gasteiger partial charge in [-0.25, -0.2) is 4.68 Å². The van der Waals surface area contributed by atoms with E-state index in [0.29, 0.717) is 11.3 Å². The Morgan fingerprint density at radius 3 is 2.44 bits per heavy atom. The van der Waals surface area contributed by atoms with Crippen molar-refractivity contribution in [3.05, 3.63) is 72.1 Å². The number of aromatic amines is 1. The van der Waals surface area contributed by atoms with Crippen LogP contribution in [0.2, 0.25) is 0 Å². The molecule has 5 nitrogen and oxygen atoms in total. The van der Waals surface area contributed by atoms with Crippen LogP contribution in [0, 0.1) is 0 Å². The second-order valence-corrected chi connectivity index (χ2v) is 5.98. The maximum absolute atomic E-state index is 13.3. The Hall–Kier alpha value is -3.55. The lowest BCUT2D eigenvalue weighted by Gasteiger charge is -2.07. The van der Waals surface area contributed by atoms with E-state index >= 15 is 0 Å². The molecular formula is C19H13F3N4O. The molecule has 0 aliphatic heterocycles. The molecule has 4 aromatic rings. The normalized spacial score (nSPS) is 11.8. The van der Waals surface area contributed by atoms with E-state index < -0.39 is 17.8 Å². The van der Waals surface area contributed by atoms with Crippen molar-refractivity contribution < 1.29 is 18.0 Å². The Balaban J connectivity index is 1.93. The van der Waals surface area contributed by atoms with Crippen molar-refractivity contribution in [2.45, 2.75) is 6.18 Å². The number of amides is 1. The zero-order valence-electron chi connectivity index (χ0n) is 13.8. The third kappa shape index (κ3) is 2.95. The fourth-order valence-corrected chi connectivity index (χ4v) is 2.96. The third-order valence-corrected chi connectivity index (χ3v) is 4.26. The van der Waals surface area contributed by atoms with Crippen LogP contribution in [0.15, 0.2) is 60.8 Å². The van der Waals surface area contributed by atoms with Gasteiger partial charge in [0.05, 0.1) is 11.4 Å². The van der Waals surface area contributed by atoms with Gasteiger partial charge in [-0.3, -0.25) is 4.79 Å². The van der Waals surface area contributed by atoms with Crippen molar-refractivity contribution in [1.29, 1.82) is 0 Å². The standard InChI is InChI=1S/C19H13F3N4O/c20-19(21,22)17-9-16(14-10-24-15-4-2-1-3-13(14)15)26(25-17)12-7-5-11(6-8-12)18(23)27/h1-10,24H,(H2,23,27). The SMILES string of the molecule is NC(=O)c1ccc(-n2nc(C(F)(F)F)cc2-c2c[nH]c3ccccc23)cc1. The highest BCUT2D eigenvalue weighted by molar-refractivity contribution is 5.95. The highest BCUT2D eigenvalue weighted by Gasteiger charge is 2.35. The van der Waals surface area contributed by atoms with Crippen LogP contribution in [0.1, 0.15) is 16.1 Å². The van der Waals surface area contributed by atoms with Gasteiger partial charge in [-0.05, 0) is 36.4 Å². The van der Waals surface area contributed by atoms with Crippen LogP contribution in [-0.2, 0) is 6.18 Å². The molecule has 2 aromatic heterocycles. The fourth-order valence-electron chi connectivity index (χ4n) is 2.96. The van der Waals surface area contributed by atoms with Crippen LogP contribution in [-0.4, -0.2) is 20.7 Å². The number of carbonyl (C=O) groups excluding carboxylic acids is 1. The lowest BCUT2D eigenvalue weighted by atomic mass is 10.1. The molecule has 3 N–H and O–H groups in total. The lowest BCUT2D eigenvalue weighted by Crippen LogP contribution is -2.11. The first-order chi connectivity index (χ1) is 12.8. The molecule has 0 bridgehead atoms. The van der Waals surface area contributed by atoms with E-state index in [1.165, 1.54) is 28.9 Å². The van der Waals surface area contributed by atoms with Crippen molar-refractivity contribution >= 4 is 16.8 Å². The topological polar surface area (TPSA) is 76.7 Å². The molecule has 0 aliphatic carbocycles. The van der Waals surface area contributed by atoms with E-state index in [4.69, 9.17) is 5.73 Å². The van der Waals surface area contributed by atoms with Crippen LogP contribution in [0.3, 0.4) is 0 Å². The number of fused-ring (bicyclic) bond motifs is 1. The summed E-state index contributed by atoms with van der Waals surface area (Å²) in [5.41, 5.74) is 6.54. The monoisotopic (exact) mass is 370 g/mol. The van der Waals surface area contributed by atoms with Gasteiger partial charge in [-0.1, -0.05) is 18.2 Å². The molecule has 8 heteroatoms. The molecule has 0 aliphatic rings. The van der Waals surface area contributed by atoms with Gasteiger partial charge < -0.3 is 10.7 Å². The molecule has 0 radical (unpaired) electrons. The van der Waals surface area contributed by atoms with Crippen molar-refractivity contribution in [2.24, 2.45) is 5.73 Å². The Morgan fingerprint density at radius 1 is 1.07 bits per heavy atom. The number of primary amides is 1. The van der Waals surface area contributed by atoms with Gasteiger partial charge in [0.25, 0.3) is 0 Å². The largest absolute Gasteiger partial charge is 0.435 e. The van der Waals surface area contributed by atoms with Crippen LogP contribution in [0.4, 0.5) is 13.2 Å². The Labute approximate surface area is 151 Å². The van der Waals surface area contributed by atoms with Gasteiger partial charge in [0.2, 0.25) is 5.91 Å². The number of para-hydroxylation sites is 1. The van der Waals surface area contributed by atoms with E-state index in [1.54, 1.807) is 6.20 Å². The number of nitrogens with two attached hydrogens (primary N) is 1. The number of hydrogen-bond acceptors (Lipinski definition) is 2. The number of alkyl halides is 3. The molecule has 0 saturated carbocycles. The van der Waals surface area contributed by atoms with E-state index in [0.717, 1.165) is 17.0 Å². The molecule has 27 heavy (non-hydrogen) atoms. The number of carbonyl (C=O) groups is 1. The van der Waals surface area contributed by atoms with E-state index in [1.807, 2.05) is 24.3 Å². The van der Waals surface area contributed by atoms with Gasteiger partial charge in [-0.2, -0.15) is 18.3 Å². The zero-order chi connectivity index (χ0) is 19.2. The number of nitrogens with zero attached hydrogens (tertiary/aromatic N) is 2. The number of rotatable bonds is 3. The van der Waals surface area contributed by atoms with E-state index in [9.17, 15) is 18.0 Å². The first-order valence-electron chi connectivity index (χ1n) is 7.98. The summed E-state index contributed by atoms with van der Waals surface area (Å²) in [6.45, 7) is 0. The van der Waals surface area contributed by atoms with Crippen molar-refractivity contribution in [2.75, 3.05) is 0 Å². The Bertz CT molecular complexity index is 1140. The number of benzene rings is 2. The Morgan fingerprint density at radius 2 is 1.78 bits per heavy atom. The molecular weight excluding hydrogens is 357 g/mol. The smallest absolute Gasteiger partial charge is 0.366 e. The Kier molecular flexibility index (Phi) is 3.76. The first kappa shape index (κ1) is 16.9. The molecule has 4 rings (SSSR count). The minimum absolute atomic E-state index is 0.260. The fraction of sp³-hybridized carbons (Fsp3) is 0.0526. The number of hydrogen-bond donors (Lipinski definition) is 2. The minimum atomic E-state index is -4.58. The molecule has 0 atom stereocenters. The highest BCUT2D eigenvalue weighted by atomic mass is 19.4. The summed E-state index contributed by atoms with van der Waals surface area (Å²) >= 11 is 0. The average Bonchev–Trinajstić information content (AvgIpc) is 3.25. The summed E-state index contributed by atoms with van der Waals surface area (Å²) in [7, 11) is 0. The van der Waals surface area contributed by atoms with E-state index in [2.05, 4.69) is 10.1 Å². The predicted octanol–water partition coefficient (Wildman–Crippen LogP) is 4.14. The molecule has 1 amide bonds. The van der Waals surface area contributed by atoms with Gasteiger partial charge >= 0.3 is 6.18 Å². The van der Waals surface area contributed by atoms with Crippen molar-refractivity contribution in [1.82, 2.24) is 14.8 Å². The second kappa shape index (κ2) is 6.01. The summed E-state index contributed by atoms with van der Waals surface area (Å²) in [5.74, 6) is -0.616. The molecule has 136 valence electrons. The molecule has 2 aromatic carbocycles. The number of halogens is 3. The lowest BCUT2D eigenvalue weighted by molar-refractivity contribution is -0.141. The minimum Gasteiger partial charge on any atom is -0.366 e. The second-order valence-electron chi connectivity index (χ2n) is 5.98. The predicted molar refractivity (Wildman–Crippen MR) is 94.4 cm³/mol. The molecule has 0 fully saturated rings. The molecule has 0 unspecified atom stereocenters. The number of nitrogens with one attached hydrogen (secondary N) is 1. The first-order valence-corrected chi connectivity index (χ1v) is 7.98. The van der Waals surface area contributed by atoms with Crippen LogP contribution < -0.4 is 5.73 Å². The highest BCUT2D eigenvalue weighted by Crippen LogP contribution is 2.35. The quantitative estimate of drug-likeness (QED) is 0.569. The number of H-pyrrole nitrogens is 1. The summed E-state index contributed by atoms with van der Waals surface area (Å²) < 4.78 is 41.0. The van der Waals surface area contributed by atoms with Crippen LogP contribution >= 0.6 is 0 Å². The molecule has 0 saturated heterocycles. The van der Waals surface area contributed by atoms with Gasteiger partial charge in [0.15, 0.2) is 5.69 Å². The summed E-state index contributed by atoms with van der Waals surface area (Å²) in [5, 5.41) is 4.53. The van der Waals surface area contributed by atoms with Crippen molar-refractivity contribution in [3.63, 3.8) is 0 Å². The average molecular weight is 370 g/mol. The zero-order valence-corrected chi connectivity index (χ0v) is 13.8. The van der Waals surface area contributed by atoms with E-state index in [-0.39, 0.29) is 11.3 Å².